The van der Waals surface area contributed by atoms with Crippen molar-refractivity contribution in [3.8, 4) is 0 Å². The maximum absolute atomic E-state index is 11.2. The summed E-state index contributed by atoms with van der Waals surface area (Å²) < 4.78 is 9.13. The van der Waals surface area contributed by atoms with Gasteiger partial charge in [-0.05, 0) is 0 Å². The molecule has 0 saturated heterocycles. The topological polar surface area (TPSA) is 52.6 Å². The molecule has 0 rings (SSSR count). The van der Waals surface area contributed by atoms with Gasteiger partial charge in [-0.25, -0.2) is 0 Å². The van der Waals surface area contributed by atoms with Crippen molar-refractivity contribution >= 4 is 11.9 Å². The van der Waals surface area contributed by atoms with Crippen LogP contribution in [0.2, 0.25) is 0 Å². The van der Waals surface area contributed by atoms with Gasteiger partial charge in [0.05, 0.1) is 20.1 Å². The molecule has 0 aromatic heterocycles. The molecule has 5 heteroatoms. The van der Waals surface area contributed by atoms with Crippen LogP contribution >= 0.6 is 0 Å². The van der Waals surface area contributed by atoms with Gasteiger partial charge in [0.1, 0.15) is 0 Å². The average Bonchev–Trinajstić information content (AvgIpc) is 2.14. The monoisotopic (exact) mass is 290 g/mol. The SMILES string of the molecule is [CH2-]C(C)(CC(C)C(=O)OC)C(=O)OC.[Y]. The molecule has 2 atom stereocenters. The Kier molecular flexibility index (Phi) is 8.53. The summed E-state index contributed by atoms with van der Waals surface area (Å²) in [6.45, 7) is 7.04. The molecular formula is C10H17O4Y-. The summed E-state index contributed by atoms with van der Waals surface area (Å²) in [7, 11) is 2.62. The number of ether oxygens (including phenoxy) is 2. The van der Waals surface area contributed by atoms with Crippen LogP contribution in [0.15, 0.2) is 0 Å². The zero-order valence-electron chi connectivity index (χ0n) is 9.70. The summed E-state index contributed by atoms with van der Waals surface area (Å²) in [4.78, 5) is 22.3. The molecule has 0 aliphatic rings. The number of hydrogen-bond donors (Lipinski definition) is 0. The van der Waals surface area contributed by atoms with Crippen LogP contribution in [0.1, 0.15) is 20.3 Å². The molecule has 4 nitrogen and oxygen atoms in total. The van der Waals surface area contributed by atoms with E-state index in [4.69, 9.17) is 0 Å². The van der Waals surface area contributed by atoms with Crippen molar-refractivity contribution in [2.45, 2.75) is 20.3 Å². The second-order valence-corrected chi connectivity index (χ2v) is 3.68. The van der Waals surface area contributed by atoms with Gasteiger partial charge in [0.2, 0.25) is 0 Å². The maximum atomic E-state index is 11.2. The normalized spacial score (nSPS) is 15.5. The molecule has 0 spiro atoms. The number of rotatable bonds is 4. The van der Waals surface area contributed by atoms with E-state index < -0.39 is 11.4 Å². The minimum absolute atomic E-state index is 0. The van der Waals surface area contributed by atoms with Crippen molar-refractivity contribution in [3.05, 3.63) is 6.92 Å². The molecule has 0 fully saturated rings. The summed E-state index contributed by atoms with van der Waals surface area (Å²) in [5, 5.41) is 0. The number of methoxy groups -OCH3 is 2. The largest absolute Gasteiger partial charge is 0.471 e. The van der Waals surface area contributed by atoms with E-state index >= 15 is 0 Å². The molecule has 85 valence electrons. The molecule has 0 amide bonds. The van der Waals surface area contributed by atoms with Gasteiger partial charge in [0.15, 0.2) is 0 Å². The Morgan fingerprint density at radius 1 is 1.33 bits per heavy atom. The van der Waals surface area contributed by atoms with Crippen molar-refractivity contribution in [2.24, 2.45) is 11.3 Å². The molecule has 0 bridgehead atoms. The van der Waals surface area contributed by atoms with Crippen LogP contribution in [0.3, 0.4) is 0 Å². The van der Waals surface area contributed by atoms with Crippen LogP contribution in [-0.4, -0.2) is 26.2 Å². The summed E-state index contributed by atoms with van der Waals surface area (Å²) in [5.41, 5.74) is -0.900. The van der Waals surface area contributed by atoms with Crippen LogP contribution in [0.25, 0.3) is 0 Å². The summed E-state index contributed by atoms with van der Waals surface area (Å²) in [6, 6.07) is 0. The van der Waals surface area contributed by atoms with Crippen LogP contribution in [0.4, 0.5) is 0 Å². The first kappa shape index (κ1) is 17.4. The van der Waals surface area contributed by atoms with E-state index in [1.165, 1.54) is 14.2 Å². The summed E-state index contributed by atoms with van der Waals surface area (Å²) >= 11 is 0. The van der Waals surface area contributed by atoms with Crippen molar-refractivity contribution in [2.75, 3.05) is 14.2 Å². The molecule has 0 saturated carbocycles. The fourth-order valence-electron chi connectivity index (χ4n) is 1.29. The first-order valence-electron chi connectivity index (χ1n) is 4.36. The van der Waals surface area contributed by atoms with Crippen LogP contribution in [0, 0.1) is 18.3 Å². The molecule has 0 N–H and O–H groups in total. The van der Waals surface area contributed by atoms with Gasteiger partial charge in [0.25, 0.3) is 5.97 Å². The van der Waals surface area contributed by atoms with Crippen molar-refractivity contribution in [1.29, 1.82) is 0 Å². The summed E-state index contributed by atoms with van der Waals surface area (Å²) in [5.74, 6) is -1.13. The van der Waals surface area contributed by atoms with Crippen molar-refractivity contribution in [3.63, 3.8) is 0 Å². The van der Waals surface area contributed by atoms with Crippen molar-refractivity contribution in [1.82, 2.24) is 0 Å². The first-order valence-corrected chi connectivity index (χ1v) is 4.36. The van der Waals surface area contributed by atoms with Gasteiger partial charge in [-0.15, -0.1) is 0 Å². The smallest absolute Gasteiger partial charge is 0.308 e. The number of carbonyl (C=O) groups is 2. The van der Waals surface area contributed by atoms with E-state index in [-0.39, 0.29) is 44.6 Å². The zero-order valence-corrected chi connectivity index (χ0v) is 12.5. The van der Waals surface area contributed by atoms with Gasteiger partial charge in [-0.1, -0.05) is 25.7 Å². The van der Waals surface area contributed by atoms with Crippen LogP contribution in [0.5, 0.6) is 0 Å². The summed E-state index contributed by atoms with van der Waals surface area (Å²) in [6.07, 6.45) is 0.312. The minimum atomic E-state index is -0.900. The molecular weight excluding hydrogens is 273 g/mol. The molecule has 0 aromatic carbocycles. The Morgan fingerprint density at radius 3 is 2.13 bits per heavy atom. The molecule has 1 radical (unpaired) electrons. The molecule has 0 aliphatic carbocycles. The fraction of sp³-hybridized carbons (Fsp3) is 0.700. The zero-order chi connectivity index (χ0) is 11.4. The number of esters is 2. The van der Waals surface area contributed by atoms with Crippen LogP contribution in [-0.2, 0) is 51.8 Å². The van der Waals surface area contributed by atoms with Gasteiger partial charge in [-0.3, -0.25) is 9.59 Å². The third-order valence-corrected chi connectivity index (χ3v) is 2.04. The molecule has 0 aromatic rings. The third-order valence-electron chi connectivity index (χ3n) is 2.04. The maximum Gasteiger partial charge on any atom is 0.308 e. The molecule has 0 aliphatic heterocycles. The van der Waals surface area contributed by atoms with E-state index in [9.17, 15) is 9.59 Å². The van der Waals surface area contributed by atoms with Gasteiger partial charge >= 0.3 is 5.97 Å². The number of carbonyl (C=O) groups excluding carboxylic acids is 2. The van der Waals surface area contributed by atoms with Gasteiger partial charge < -0.3 is 16.4 Å². The number of hydrogen-bond acceptors (Lipinski definition) is 4. The van der Waals surface area contributed by atoms with Gasteiger partial charge in [0, 0.05) is 32.7 Å². The fourth-order valence-corrected chi connectivity index (χ4v) is 1.29. The second-order valence-electron chi connectivity index (χ2n) is 3.68. The van der Waals surface area contributed by atoms with E-state index in [0.717, 1.165) is 0 Å². The Morgan fingerprint density at radius 2 is 1.80 bits per heavy atom. The molecule has 15 heavy (non-hydrogen) atoms. The van der Waals surface area contributed by atoms with E-state index in [1.54, 1.807) is 13.8 Å². The van der Waals surface area contributed by atoms with E-state index in [1.807, 2.05) is 0 Å². The Labute approximate surface area is 116 Å². The average molecular weight is 290 g/mol. The third kappa shape index (κ3) is 5.62. The quantitative estimate of drug-likeness (QED) is 0.576. The first-order chi connectivity index (χ1) is 6.35. The van der Waals surface area contributed by atoms with Gasteiger partial charge in [-0.2, -0.15) is 0 Å². The standard InChI is InChI=1S/C10H17O4.Y/c1-7(8(11)13-4)6-10(2,3)9(12)14-5;/h7H,2,6H2,1,3-5H3;/q-1;. The van der Waals surface area contributed by atoms with E-state index in [0.29, 0.717) is 6.42 Å². The predicted octanol–water partition coefficient (Wildman–Crippen LogP) is 1.20. The predicted molar refractivity (Wildman–Crippen MR) is 51.3 cm³/mol. The van der Waals surface area contributed by atoms with Crippen LogP contribution < -0.4 is 0 Å². The second kappa shape index (κ2) is 7.34. The Hall–Kier alpha value is 0.0439. The van der Waals surface area contributed by atoms with E-state index in [2.05, 4.69) is 16.4 Å². The Balaban J connectivity index is 0. The molecule has 2 unspecified atom stereocenters. The van der Waals surface area contributed by atoms with Crippen molar-refractivity contribution < 1.29 is 51.8 Å². The molecule has 0 heterocycles. The Bertz CT molecular complexity index is 225. The minimum Gasteiger partial charge on any atom is -0.471 e.